The smallest absolute Gasteiger partial charge is 0.264 e. The number of carbonyl (C=O) groups is 2. The molecule has 2 fully saturated rings. The Morgan fingerprint density at radius 3 is 2.21 bits per heavy atom. The van der Waals surface area contributed by atoms with Crippen LogP contribution in [0.5, 0.6) is 0 Å². The molecule has 5 rings (SSSR count). The van der Waals surface area contributed by atoms with Gasteiger partial charge in [0.05, 0.1) is 22.4 Å². The lowest BCUT2D eigenvalue weighted by Crippen LogP contribution is -2.32. The van der Waals surface area contributed by atoms with Crippen molar-refractivity contribution in [3.8, 4) is 0 Å². The number of rotatable bonds is 4. The van der Waals surface area contributed by atoms with Crippen molar-refractivity contribution in [1.29, 1.82) is 0 Å². The summed E-state index contributed by atoms with van der Waals surface area (Å²) in [4.78, 5) is 34.9. The molecule has 4 atom stereocenters. The van der Waals surface area contributed by atoms with Crippen LogP contribution in [0.25, 0.3) is 0 Å². The number of anilines is 2. The highest BCUT2D eigenvalue weighted by Gasteiger charge is 2.59. The molecule has 1 aromatic carbocycles. The minimum atomic E-state index is -3.89. The van der Waals surface area contributed by atoms with Crippen LogP contribution < -0.4 is 9.62 Å². The molecule has 1 saturated heterocycles. The van der Waals surface area contributed by atoms with Crippen molar-refractivity contribution in [2.24, 2.45) is 23.7 Å². The molecular weight excluding hydrogens is 392 g/mol. The highest BCUT2D eigenvalue weighted by molar-refractivity contribution is 7.92. The van der Waals surface area contributed by atoms with Gasteiger partial charge in [0.1, 0.15) is 0 Å². The molecule has 1 N–H and O–H groups in total. The Balaban J connectivity index is 1.39. The zero-order valence-corrected chi connectivity index (χ0v) is 16.3. The second-order valence-corrected chi connectivity index (χ2v) is 9.32. The number of hydrogen-bond donors (Lipinski definition) is 1. The van der Waals surface area contributed by atoms with E-state index in [-0.39, 0.29) is 46.3 Å². The number of allylic oxidation sites excluding steroid dienone is 2. The maximum absolute atomic E-state index is 12.9. The van der Waals surface area contributed by atoms with Crippen LogP contribution in [0, 0.1) is 30.6 Å². The Morgan fingerprint density at radius 2 is 1.62 bits per heavy atom. The van der Waals surface area contributed by atoms with Crippen molar-refractivity contribution < 1.29 is 18.0 Å². The van der Waals surface area contributed by atoms with Crippen molar-refractivity contribution >= 4 is 33.5 Å². The number of fused-ring (bicyclic) bond motifs is 5. The third-order valence-corrected chi connectivity index (χ3v) is 7.24. The monoisotopic (exact) mass is 410 g/mol. The largest absolute Gasteiger partial charge is 0.274 e. The van der Waals surface area contributed by atoms with Gasteiger partial charge < -0.3 is 0 Å². The standard InChI is InChI=1S/C20H18N4O4S/c1-11-8-9-21-20(22-11)23-29(27,28)15-6-4-14(5-7-15)24-18(25)16-12-2-3-13(10-12)17(16)19(24)26/h2-9,12-13,16-17H,10H2,1H3,(H,21,22,23)/t12-,13-,16-,17-/m0/s1. The van der Waals surface area contributed by atoms with Crippen LogP contribution in [0.15, 0.2) is 53.6 Å². The fourth-order valence-electron chi connectivity index (χ4n) is 4.61. The molecule has 2 aliphatic carbocycles. The number of aryl methyl sites for hydroxylation is 1. The van der Waals surface area contributed by atoms with E-state index in [4.69, 9.17) is 0 Å². The van der Waals surface area contributed by atoms with Crippen LogP contribution in [0.3, 0.4) is 0 Å². The number of amides is 2. The molecule has 1 aromatic heterocycles. The van der Waals surface area contributed by atoms with Gasteiger partial charge in [-0.3, -0.25) is 14.5 Å². The summed E-state index contributed by atoms with van der Waals surface area (Å²) in [6.07, 6.45) is 6.40. The predicted octanol–water partition coefficient (Wildman–Crippen LogP) is 1.90. The maximum Gasteiger partial charge on any atom is 0.264 e. The Labute approximate surface area is 167 Å². The molecule has 1 aliphatic heterocycles. The van der Waals surface area contributed by atoms with E-state index in [9.17, 15) is 18.0 Å². The van der Waals surface area contributed by atoms with Gasteiger partial charge in [0.15, 0.2) is 0 Å². The normalized spacial score (nSPS) is 27.6. The van der Waals surface area contributed by atoms with Crippen molar-refractivity contribution in [1.82, 2.24) is 9.97 Å². The average molecular weight is 410 g/mol. The summed E-state index contributed by atoms with van der Waals surface area (Å²) in [7, 11) is -3.89. The number of nitrogens with zero attached hydrogens (tertiary/aromatic N) is 3. The molecule has 0 spiro atoms. The van der Waals surface area contributed by atoms with Gasteiger partial charge in [-0.1, -0.05) is 12.2 Å². The minimum Gasteiger partial charge on any atom is -0.274 e. The zero-order chi connectivity index (χ0) is 20.3. The summed E-state index contributed by atoms with van der Waals surface area (Å²) in [5.41, 5.74) is 1.02. The lowest BCUT2D eigenvalue weighted by Gasteiger charge is -2.17. The second-order valence-electron chi connectivity index (χ2n) is 7.63. The number of aromatic nitrogens is 2. The van der Waals surface area contributed by atoms with Crippen molar-refractivity contribution in [3.05, 3.63) is 54.4 Å². The van der Waals surface area contributed by atoms with Crippen LogP contribution >= 0.6 is 0 Å². The molecule has 2 amide bonds. The molecule has 2 bridgehead atoms. The molecular formula is C20H18N4O4S. The van der Waals surface area contributed by atoms with E-state index in [1.807, 2.05) is 12.2 Å². The first-order valence-corrected chi connectivity index (χ1v) is 10.8. The van der Waals surface area contributed by atoms with Gasteiger partial charge in [-0.25, -0.2) is 23.1 Å². The topological polar surface area (TPSA) is 109 Å². The summed E-state index contributed by atoms with van der Waals surface area (Å²) in [5.74, 6) is -0.733. The Morgan fingerprint density at radius 1 is 1.00 bits per heavy atom. The highest BCUT2D eigenvalue weighted by atomic mass is 32.2. The van der Waals surface area contributed by atoms with Gasteiger partial charge in [-0.05, 0) is 55.5 Å². The molecule has 0 unspecified atom stereocenters. The molecule has 2 aromatic rings. The molecule has 29 heavy (non-hydrogen) atoms. The molecule has 1 saturated carbocycles. The zero-order valence-electron chi connectivity index (χ0n) is 15.5. The number of sulfonamides is 1. The molecule has 9 heteroatoms. The Bertz CT molecular complexity index is 1130. The number of hydrogen-bond acceptors (Lipinski definition) is 6. The van der Waals surface area contributed by atoms with Gasteiger partial charge in [-0.2, -0.15) is 0 Å². The minimum absolute atomic E-state index is 0.00705. The van der Waals surface area contributed by atoms with Crippen LogP contribution in [0.4, 0.5) is 11.6 Å². The van der Waals surface area contributed by atoms with Gasteiger partial charge in [0.25, 0.3) is 10.0 Å². The molecule has 8 nitrogen and oxygen atoms in total. The first-order chi connectivity index (χ1) is 13.8. The fourth-order valence-corrected chi connectivity index (χ4v) is 5.56. The van der Waals surface area contributed by atoms with E-state index < -0.39 is 10.0 Å². The SMILES string of the molecule is Cc1ccnc(NS(=O)(=O)c2ccc(N3C(=O)[C@@H]4[C@@H](C3=O)[C@H]3C=C[C@H]4C3)cc2)n1. The van der Waals surface area contributed by atoms with Crippen molar-refractivity contribution in [2.45, 2.75) is 18.2 Å². The summed E-state index contributed by atoms with van der Waals surface area (Å²) in [5, 5.41) is 0. The molecule has 3 aliphatic rings. The lowest BCUT2D eigenvalue weighted by molar-refractivity contribution is -0.123. The van der Waals surface area contributed by atoms with Gasteiger partial charge >= 0.3 is 0 Å². The average Bonchev–Trinajstić information content (AvgIpc) is 3.35. The van der Waals surface area contributed by atoms with E-state index in [0.29, 0.717) is 11.4 Å². The fraction of sp³-hybridized carbons (Fsp3) is 0.300. The summed E-state index contributed by atoms with van der Waals surface area (Å²) < 4.78 is 27.5. The highest BCUT2D eigenvalue weighted by Crippen LogP contribution is 2.53. The summed E-state index contributed by atoms with van der Waals surface area (Å²) in [6.45, 7) is 1.73. The number of nitrogens with one attached hydrogen (secondary N) is 1. The van der Waals surface area contributed by atoms with Crippen LogP contribution in [-0.4, -0.2) is 30.2 Å². The third kappa shape index (κ3) is 2.76. The number of carbonyl (C=O) groups excluding carboxylic acids is 2. The number of benzene rings is 1. The van der Waals surface area contributed by atoms with Gasteiger partial charge in [0.2, 0.25) is 17.8 Å². The van der Waals surface area contributed by atoms with Crippen molar-refractivity contribution in [2.75, 3.05) is 9.62 Å². The van der Waals surface area contributed by atoms with Gasteiger partial charge in [-0.15, -0.1) is 0 Å². The summed E-state index contributed by atoms with van der Waals surface area (Å²) >= 11 is 0. The lowest BCUT2D eigenvalue weighted by atomic mass is 9.85. The Hall–Kier alpha value is -3.07. The van der Waals surface area contributed by atoms with E-state index in [2.05, 4.69) is 14.7 Å². The van der Waals surface area contributed by atoms with E-state index in [1.54, 1.807) is 13.0 Å². The summed E-state index contributed by atoms with van der Waals surface area (Å²) in [6, 6.07) is 7.37. The first-order valence-electron chi connectivity index (χ1n) is 9.34. The van der Waals surface area contributed by atoms with Crippen LogP contribution in [-0.2, 0) is 19.6 Å². The van der Waals surface area contributed by atoms with Crippen LogP contribution in [0.1, 0.15) is 12.1 Å². The molecule has 2 heterocycles. The molecule has 148 valence electrons. The van der Waals surface area contributed by atoms with Gasteiger partial charge in [0, 0.05) is 11.9 Å². The van der Waals surface area contributed by atoms with E-state index >= 15 is 0 Å². The quantitative estimate of drug-likeness (QED) is 0.609. The molecule has 0 radical (unpaired) electrons. The predicted molar refractivity (Wildman–Crippen MR) is 104 cm³/mol. The van der Waals surface area contributed by atoms with E-state index in [0.717, 1.165) is 6.42 Å². The first kappa shape index (κ1) is 18.0. The third-order valence-electron chi connectivity index (χ3n) is 5.90. The van der Waals surface area contributed by atoms with Crippen molar-refractivity contribution in [3.63, 3.8) is 0 Å². The Kier molecular flexibility index (Phi) is 3.86. The maximum atomic E-state index is 12.9. The second kappa shape index (κ2) is 6.21. The number of imide groups is 1. The van der Waals surface area contributed by atoms with Crippen LogP contribution in [0.2, 0.25) is 0 Å². The van der Waals surface area contributed by atoms with E-state index in [1.165, 1.54) is 35.4 Å².